The van der Waals surface area contributed by atoms with E-state index in [1.165, 1.54) is 0 Å². The molecule has 90 valence electrons. The summed E-state index contributed by atoms with van der Waals surface area (Å²) in [5.74, 6) is 0.747. The van der Waals surface area contributed by atoms with Gasteiger partial charge in [0.05, 0.1) is 11.1 Å². The minimum atomic E-state index is 0.205. The number of hydrogen-bond donors (Lipinski definition) is 0. The molecule has 0 aliphatic rings. The smallest absolute Gasteiger partial charge is 0.142 e. The summed E-state index contributed by atoms with van der Waals surface area (Å²) in [4.78, 5) is 0. The van der Waals surface area contributed by atoms with E-state index in [1.807, 2.05) is 6.07 Å². The van der Waals surface area contributed by atoms with Crippen LogP contribution in [-0.2, 0) is 5.33 Å². The maximum Gasteiger partial charge on any atom is 0.142 e. The van der Waals surface area contributed by atoms with Crippen molar-refractivity contribution in [2.75, 3.05) is 0 Å². The molecule has 0 aliphatic heterocycles. The fourth-order valence-electron chi connectivity index (χ4n) is 1.47. The van der Waals surface area contributed by atoms with Gasteiger partial charge in [0.2, 0.25) is 0 Å². The first-order chi connectivity index (χ1) is 7.62. The van der Waals surface area contributed by atoms with Gasteiger partial charge in [0, 0.05) is 15.9 Å². The van der Waals surface area contributed by atoms with E-state index in [4.69, 9.17) is 27.9 Å². The van der Waals surface area contributed by atoms with E-state index >= 15 is 0 Å². The van der Waals surface area contributed by atoms with Crippen LogP contribution in [-0.4, -0.2) is 6.10 Å². The second kappa shape index (κ2) is 6.73. The molecule has 0 unspecified atom stereocenters. The molecule has 0 N–H and O–H groups in total. The molecule has 0 radical (unpaired) electrons. The van der Waals surface area contributed by atoms with Crippen molar-refractivity contribution in [3.63, 3.8) is 0 Å². The van der Waals surface area contributed by atoms with Crippen LogP contribution >= 0.6 is 39.1 Å². The van der Waals surface area contributed by atoms with E-state index in [2.05, 4.69) is 29.8 Å². The van der Waals surface area contributed by atoms with Crippen molar-refractivity contribution in [3.8, 4) is 5.75 Å². The van der Waals surface area contributed by atoms with Gasteiger partial charge in [-0.05, 0) is 25.0 Å². The summed E-state index contributed by atoms with van der Waals surface area (Å²) in [5, 5.41) is 1.90. The molecule has 0 spiro atoms. The van der Waals surface area contributed by atoms with Crippen LogP contribution in [0.5, 0.6) is 5.75 Å². The molecule has 1 aromatic rings. The third-order valence-electron chi connectivity index (χ3n) is 2.42. The lowest BCUT2D eigenvalue weighted by Crippen LogP contribution is -2.14. The quantitative estimate of drug-likeness (QED) is 0.653. The average Bonchev–Trinajstić information content (AvgIpc) is 2.27. The third-order valence-corrected chi connectivity index (χ3v) is 3.53. The molecule has 0 saturated carbocycles. The van der Waals surface area contributed by atoms with Crippen LogP contribution in [0.3, 0.4) is 0 Å². The second-order valence-electron chi connectivity index (χ2n) is 3.57. The Hall–Kier alpha value is 0.0800. The average molecular weight is 326 g/mol. The summed E-state index contributed by atoms with van der Waals surface area (Å²) in [5.41, 5.74) is 0.990. The maximum absolute atomic E-state index is 6.14. The van der Waals surface area contributed by atoms with Gasteiger partial charge in [0.1, 0.15) is 5.75 Å². The zero-order valence-electron chi connectivity index (χ0n) is 9.40. The molecule has 16 heavy (non-hydrogen) atoms. The van der Waals surface area contributed by atoms with Crippen LogP contribution < -0.4 is 4.74 Å². The fourth-order valence-corrected chi connectivity index (χ4v) is 2.46. The highest BCUT2D eigenvalue weighted by molar-refractivity contribution is 9.08. The van der Waals surface area contributed by atoms with E-state index in [0.29, 0.717) is 15.4 Å². The minimum Gasteiger partial charge on any atom is -0.489 e. The molecule has 0 saturated heterocycles. The number of halogens is 3. The lowest BCUT2D eigenvalue weighted by Gasteiger charge is -2.19. The van der Waals surface area contributed by atoms with Crippen molar-refractivity contribution in [3.05, 3.63) is 27.7 Å². The van der Waals surface area contributed by atoms with E-state index in [1.54, 1.807) is 6.07 Å². The first-order valence-electron chi connectivity index (χ1n) is 5.32. The Kier molecular flexibility index (Phi) is 5.95. The molecule has 1 rings (SSSR count). The maximum atomic E-state index is 6.14. The van der Waals surface area contributed by atoms with Gasteiger partial charge in [-0.15, -0.1) is 0 Å². The highest BCUT2D eigenvalue weighted by Gasteiger charge is 2.13. The van der Waals surface area contributed by atoms with Gasteiger partial charge >= 0.3 is 0 Å². The standard InChI is InChI=1S/C12H15BrCl2O/c1-3-10(4-2)16-12-8(7-13)5-9(14)6-11(12)15/h5-6,10H,3-4,7H2,1-2H3. The topological polar surface area (TPSA) is 9.23 Å². The summed E-state index contributed by atoms with van der Waals surface area (Å²) in [6.07, 6.45) is 2.14. The zero-order valence-corrected chi connectivity index (χ0v) is 12.5. The Morgan fingerprint density at radius 1 is 1.25 bits per heavy atom. The minimum absolute atomic E-state index is 0.205. The summed E-state index contributed by atoms with van der Waals surface area (Å²) < 4.78 is 5.90. The fraction of sp³-hybridized carbons (Fsp3) is 0.500. The molecule has 0 heterocycles. The molecule has 4 heteroatoms. The lowest BCUT2D eigenvalue weighted by atomic mass is 10.2. The summed E-state index contributed by atoms with van der Waals surface area (Å²) in [7, 11) is 0. The SMILES string of the molecule is CCC(CC)Oc1c(Cl)cc(Cl)cc1CBr. The predicted molar refractivity (Wildman–Crippen MR) is 74.1 cm³/mol. The Bertz CT molecular complexity index is 351. The number of ether oxygens (including phenoxy) is 1. The van der Waals surface area contributed by atoms with Crippen molar-refractivity contribution in [2.45, 2.75) is 38.1 Å². The van der Waals surface area contributed by atoms with Gasteiger partial charge < -0.3 is 4.74 Å². The van der Waals surface area contributed by atoms with Crippen molar-refractivity contribution in [1.82, 2.24) is 0 Å². The van der Waals surface area contributed by atoms with Crippen molar-refractivity contribution >= 4 is 39.1 Å². The second-order valence-corrected chi connectivity index (χ2v) is 4.97. The van der Waals surface area contributed by atoms with Gasteiger partial charge in [-0.25, -0.2) is 0 Å². The molecule has 0 amide bonds. The Morgan fingerprint density at radius 3 is 2.38 bits per heavy atom. The van der Waals surface area contributed by atoms with E-state index < -0.39 is 0 Å². The normalized spacial score (nSPS) is 10.9. The Balaban J connectivity index is 3.01. The highest BCUT2D eigenvalue weighted by Crippen LogP contribution is 2.34. The molecule has 1 aromatic carbocycles. The van der Waals surface area contributed by atoms with Gasteiger partial charge in [0.25, 0.3) is 0 Å². The molecule has 1 nitrogen and oxygen atoms in total. The van der Waals surface area contributed by atoms with E-state index in [9.17, 15) is 0 Å². The molecule has 0 bridgehead atoms. The van der Waals surface area contributed by atoms with Crippen LogP contribution in [0.1, 0.15) is 32.3 Å². The molecule has 0 fully saturated rings. The first kappa shape index (κ1) is 14.1. The molecule has 0 aromatic heterocycles. The molecule has 0 aliphatic carbocycles. The summed E-state index contributed by atoms with van der Waals surface area (Å²) in [6.45, 7) is 4.21. The number of alkyl halides is 1. The van der Waals surface area contributed by atoms with Crippen LogP contribution in [0.2, 0.25) is 10.0 Å². The van der Waals surface area contributed by atoms with Gasteiger partial charge in [0.15, 0.2) is 0 Å². The number of rotatable bonds is 5. The lowest BCUT2D eigenvalue weighted by molar-refractivity contribution is 0.191. The van der Waals surface area contributed by atoms with Crippen molar-refractivity contribution in [2.24, 2.45) is 0 Å². The number of hydrogen-bond acceptors (Lipinski definition) is 1. The van der Waals surface area contributed by atoms with Crippen LogP contribution in [0.25, 0.3) is 0 Å². The Labute approximate surface area is 115 Å². The van der Waals surface area contributed by atoms with Crippen LogP contribution in [0, 0.1) is 0 Å². The van der Waals surface area contributed by atoms with Crippen LogP contribution in [0.15, 0.2) is 12.1 Å². The zero-order chi connectivity index (χ0) is 12.1. The highest BCUT2D eigenvalue weighted by atomic mass is 79.9. The largest absolute Gasteiger partial charge is 0.489 e. The number of benzene rings is 1. The van der Waals surface area contributed by atoms with Gasteiger partial charge in [-0.3, -0.25) is 0 Å². The monoisotopic (exact) mass is 324 g/mol. The summed E-state index contributed by atoms with van der Waals surface area (Å²) in [6, 6.07) is 3.59. The van der Waals surface area contributed by atoms with Crippen molar-refractivity contribution in [1.29, 1.82) is 0 Å². The van der Waals surface area contributed by atoms with E-state index in [0.717, 1.165) is 24.2 Å². The van der Waals surface area contributed by atoms with Gasteiger partial charge in [-0.1, -0.05) is 53.0 Å². The Morgan fingerprint density at radius 2 is 1.88 bits per heavy atom. The molecular weight excluding hydrogens is 311 g/mol. The van der Waals surface area contributed by atoms with E-state index in [-0.39, 0.29) is 6.10 Å². The first-order valence-corrected chi connectivity index (χ1v) is 7.20. The summed E-state index contributed by atoms with van der Waals surface area (Å²) >= 11 is 15.5. The predicted octanol–water partition coefficient (Wildman–Crippen LogP) is 5.46. The molecule has 0 atom stereocenters. The van der Waals surface area contributed by atoms with Gasteiger partial charge in [-0.2, -0.15) is 0 Å². The third kappa shape index (κ3) is 3.54. The van der Waals surface area contributed by atoms with Crippen molar-refractivity contribution < 1.29 is 4.74 Å². The van der Waals surface area contributed by atoms with Crippen LogP contribution in [0.4, 0.5) is 0 Å². The molecular formula is C12H15BrCl2O.